The van der Waals surface area contributed by atoms with Gasteiger partial charge in [-0.15, -0.1) is 0 Å². The first-order valence-corrected chi connectivity index (χ1v) is 17.3. The van der Waals surface area contributed by atoms with Gasteiger partial charge in [0.2, 0.25) is 17.7 Å². The second-order valence-corrected chi connectivity index (χ2v) is 12.8. The number of aryl methyl sites for hydroxylation is 1. The Morgan fingerprint density at radius 1 is 0.891 bits per heavy atom. The minimum absolute atomic E-state index is 0.0532. The SMILES string of the molecule is CCCCCCCCCC(=O)N[C@H]1CCCN(C)C(=O)c2cccc(c2)OC[C@@H]2C[C@H](NC(=O)CCc3ccccc3)CN2C1=O. The molecule has 0 saturated carbocycles. The number of hydrogen-bond donors (Lipinski definition) is 2. The number of benzene rings is 2. The summed E-state index contributed by atoms with van der Waals surface area (Å²) in [7, 11) is 1.75. The number of carbonyl (C=O) groups is 4. The third-order valence-corrected chi connectivity index (χ3v) is 9.04. The van der Waals surface area contributed by atoms with E-state index in [1.54, 1.807) is 41.1 Å². The predicted molar refractivity (Wildman–Crippen MR) is 179 cm³/mol. The van der Waals surface area contributed by atoms with Crippen LogP contribution in [0.4, 0.5) is 0 Å². The number of nitrogens with zero attached hydrogens (tertiary/aromatic N) is 2. The molecule has 2 heterocycles. The second-order valence-electron chi connectivity index (χ2n) is 12.8. The van der Waals surface area contributed by atoms with Crippen LogP contribution in [0.25, 0.3) is 0 Å². The lowest BCUT2D eigenvalue weighted by Gasteiger charge is -2.30. The molecule has 2 aliphatic heterocycles. The minimum Gasteiger partial charge on any atom is -0.491 e. The molecular formula is C37H52N4O5. The Morgan fingerprint density at radius 2 is 1.63 bits per heavy atom. The first-order chi connectivity index (χ1) is 22.3. The van der Waals surface area contributed by atoms with Gasteiger partial charge in [-0.2, -0.15) is 0 Å². The zero-order valence-corrected chi connectivity index (χ0v) is 27.7. The summed E-state index contributed by atoms with van der Waals surface area (Å²) in [5, 5.41) is 6.18. The maximum absolute atomic E-state index is 14.1. The highest BCUT2D eigenvalue weighted by Gasteiger charge is 2.39. The average molecular weight is 633 g/mol. The molecule has 0 spiro atoms. The topological polar surface area (TPSA) is 108 Å². The first-order valence-electron chi connectivity index (χ1n) is 17.3. The summed E-state index contributed by atoms with van der Waals surface area (Å²) >= 11 is 0. The van der Waals surface area contributed by atoms with Crippen molar-refractivity contribution in [2.24, 2.45) is 0 Å². The van der Waals surface area contributed by atoms with Crippen molar-refractivity contribution in [2.75, 3.05) is 26.7 Å². The molecule has 2 bridgehead atoms. The molecule has 9 heteroatoms. The van der Waals surface area contributed by atoms with Crippen molar-refractivity contribution >= 4 is 23.6 Å². The number of ether oxygens (including phenoxy) is 1. The van der Waals surface area contributed by atoms with Gasteiger partial charge in [-0.1, -0.05) is 81.8 Å². The molecule has 46 heavy (non-hydrogen) atoms. The lowest BCUT2D eigenvalue weighted by Crippen LogP contribution is -2.52. The summed E-state index contributed by atoms with van der Waals surface area (Å²) in [6.07, 6.45) is 10.7. The van der Waals surface area contributed by atoms with E-state index < -0.39 is 6.04 Å². The van der Waals surface area contributed by atoms with Gasteiger partial charge in [0.25, 0.3) is 5.91 Å². The number of rotatable bonds is 13. The third-order valence-electron chi connectivity index (χ3n) is 9.04. The van der Waals surface area contributed by atoms with Crippen LogP contribution in [0.1, 0.15) is 99.9 Å². The van der Waals surface area contributed by atoms with Gasteiger partial charge >= 0.3 is 0 Å². The van der Waals surface area contributed by atoms with E-state index in [4.69, 9.17) is 4.74 Å². The van der Waals surface area contributed by atoms with Crippen molar-refractivity contribution in [3.63, 3.8) is 0 Å². The first kappa shape index (κ1) is 35.0. The molecular weight excluding hydrogens is 580 g/mol. The van der Waals surface area contributed by atoms with Gasteiger partial charge in [-0.25, -0.2) is 0 Å². The zero-order valence-electron chi connectivity index (χ0n) is 27.7. The molecule has 0 unspecified atom stereocenters. The van der Waals surface area contributed by atoms with E-state index in [0.717, 1.165) is 24.8 Å². The number of unbranched alkanes of at least 4 members (excludes halogenated alkanes) is 6. The molecule has 0 aromatic heterocycles. The van der Waals surface area contributed by atoms with Gasteiger partial charge in [-0.3, -0.25) is 19.2 Å². The predicted octanol–water partition coefficient (Wildman–Crippen LogP) is 5.28. The lowest BCUT2D eigenvalue weighted by molar-refractivity contribution is -0.138. The van der Waals surface area contributed by atoms with E-state index in [-0.39, 0.29) is 42.3 Å². The monoisotopic (exact) mass is 632 g/mol. The molecule has 3 atom stereocenters. The lowest BCUT2D eigenvalue weighted by atomic mass is 10.1. The van der Waals surface area contributed by atoms with Crippen LogP contribution in [0.15, 0.2) is 54.6 Å². The molecule has 0 aliphatic carbocycles. The highest BCUT2D eigenvalue weighted by molar-refractivity contribution is 5.94. The molecule has 1 saturated heterocycles. The summed E-state index contributed by atoms with van der Waals surface area (Å²) in [6, 6.07) is 15.8. The van der Waals surface area contributed by atoms with E-state index in [2.05, 4.69) is 17.6 Å². The van der Waals surface area contributed by atoms with E-state index in [9.17, 15) is 19.2 Å². The molecule has 2 aliphatic rings. The van der Waals surface area contributed by atoms with Crippen molar-refractivity contribution in [3.05, 3.63) is 65.7 Å². The van der Waals surface area contributed by atoms with E-state index in [1.165, 1.54) is 25.7 Å². The number of nitrogens with one attached hydrogen (secondary N) is 2. The Kier molecular flexibility index (Phi) is 13.9. The van der Waals surface area contributed by atoms with Gasteiger partial charge in [0.05, 0.1) is 6.04 Å². The van der Waals surface area contributed by atoms with E-state index in [1.807, 2.05) is 30.3 Å². The molecule has 9 nitrogen and oxygen atoms in total. The van der Waals surface area contributed by atoms with Gasteiger partial charge < -0.3 is 25.2 Å². The molecule has 2 N–H and O–H groups in total. The number of fused-ring (bicyclic) bond motifs is 3. The van der Waals surface area contributed by atoms with Crippen LogP contribution >= 0.6 is 0 Å². The van der Waals surface area contributed by atoms with Crippen molar-refractivity contribution < 1.29 is 23.9 Å². The van der Waals surface area contributed by atoms with Crippen LogP contribution in [0, 0.1) is 0 Å². The van der Waals surface area contributed by atoms with Crippen molar-refractivity contribution in [1.82, 2.24) is 20.4 Å². The summed E-state index contributed by atoms with van der Waals surface area (Å²) in [4.78, 5) is 56.6. The van der Waals surface area contributed by atoms with Crippen LogP contribution in [0.5, 0.6) is 5.75 Å². The van der Waals surface area contributed by atoms with Crippen LogP contribution in [0.3, 0.4) is 0 Å². The molecule has 1 fully saturated rings. The average Bonchev–Trinajstić information content (AvgIpc) is 3.47. The molecule has 2 aromatic carbocycles. The van der Waals surface area contributed by atoms with Crippen LogP contribution < -0.4 is 15.4 Å². The number of amides is 4. The fourth-order valence-corrected chi connectivity index (χ4v) is 6.38. The van der Waals surface area contributed by atoms with Gasteiger partial charge in [-0.05, 0) is 55.9 Å². The molecule has 4 rings (SSSR count). The van der Waals surface area contributed by atoms with Crippen LogP contribution in [-0.2, 0) is 20.8 Å². The zero-order chi connectivity index (χ0) is 32.7. The molecule has 250 valence electrons. The molecule has 0 radical (unpaired) electrons. The highest BCUT2D eigenvalue weighted by atomic mass is 16.5. The summed E-state index contributed by atoms with van der Waals surface area (Å²) in [5.41, 5.74) is 1.64. The maximum Gasteiger partial charge on any atom is 0.253 e. The summed E-state index contributed by atoms with van der Waals surface area (Å²) < 4.78 is 6.15. The summed E-state index contributed by atoms with van der Waals surface area (Å²) in [6.45, 7) is 3.22. The third kappa shape index (κ3) is 10.9. The maximum atomic E-state index is 14.1. The van der Waals surface area contributed by atoms with Crippen LogP contribution in [-0.4, -0.2) is 78.3 Å². The van der Waals surface area contributed by atoms with E-state index in [0.29, 0.717) is 62.9 Å². The highest BCUT2D eigenvalue weighted by Crippen LogP contribution is 2.24. The Morgan fingerprint density at radius 3 is 2.41 bits per heavy atom. The number of hydrogen-bond acceptors (Lipinski definition) is 5. The Hall–Kier alpha value is -3.88. The van der Waals surface area contributed by atoms with Gasteiger partial charge in [0.1, 0.15) is 18.4 Å². The van der Waals surface area contributed by atoms with Crippen molar-refractivity contribution in [2.45, 2.75) is 109 Å². The summed E-state index contributed by atoms with van der Waals surface area (Å²) in [5.74, 6) is 0.0998. The van der Waals surface area contributed by atoms with Gasteiger partial charge in [0.15, 0.2) is 0 Å². The minimum atomic E-state index is -0.712. The number of carbonyl (C=O) groups excluding carboxylic acids is 4. The second kappa shape index (κ2) is 18.3. The largest absolute Gasteiger partial charge is 0.491 e. The standard InChI is InChI=1S/C37H52N4O5/c1-3-4-5-6-7-8-12-20-34(42)39-33-19-14-23-40(2)36(44)29-17-13-18-32(24-29)46-27-31-25-30(26-41(31)37(33)45)38-35(43)22-21-28-15-10-9-11-16-28/h9-11,13,15-18,24,30-31,33H,3-8,12,14,19-23,25-27H2,1-2H3,(H,38,43)(H,39,42)/t30-,31-,33-/m0/s1. The fraction of sp³-hybridized carbons (Fsp3) is 0.568. The smallest absolute Gasteiger partial charge is 0.253 e. The van der Waals surface area contributed by atoms with Crippen molar-refractivity contribution in [3.8, 4) is 5.75 Å². The Balaban J connectivity index is 1.43. The fourth-order valence-electron chi connectivity index (χ4n) is 6.38. The van der Waals surface area contributed by atoms with Crippen molar-refractivity contribution in [1.29, 1.82) is 0 Å². The van der Waals surface area contributed by atoms with Crippen LogP contribution in [0.2, 0.25) is 0 Å². The van der Waals surface area contributed by atoms with Gasteiger partial charge in [0, 0.05) is 44.6 Å². The Bertz CT molecular complexity index is 1290. The molecule has 2 aromatic rings. The molecule has 4 amide bonds. The normalized spacial score (nSPS) is 20.4. The quantitative estimate of drug-likeness (QED) is 0.293. The Labute approximate surface area is 274 Å². The van der Waals surface area contributed by atoms with E-state index >= 15 is 0 Å².